The average Bonchev–Trinajstić information content (AvgIpc) is 2.88. The normalized spacial score (nSPS) is 11.8. The van der Waals surface area contributed by atoms with E-state index in [-0.39, 0.29) is 0 Å². The first kappa shape index (κ1) is 21.1. The molecule has 4 nitrogen and oxygen atoms in total. The van der Waals surface area contributed by atoms with Crippen molar-refractivity contribution in [1.82, 2.24) is 0 Å². The van der Waals surface area contributed by atoms with Crippen LogP contribution in [0, 0.1) is 0 Å². The molecule has 0 aliphatic carbocycles. The van der Waals surface area contributed by atoms with Gasteiger partial charge in [-0.15, -0.1) is 0 Å². The van der Waals surface area contributed by atoms with Crippen LogP contribution in [0.2, 0.25) is 0 Å². The Morgan fingerprint density at radius 3 is 1.09 bits per heavy atom. The van der Waals surface area contributed by atoms with Gasteiger partial charge in [-0.25, -0.2) is 0 Å². The molecule has 0 saturated carbocycles. The Balaban J connectivity index is 1.56. The molecule has 0 fully saturated rings. The van der Waals surface area contributed by atoms with E-state index in [0.29, 0.717) is 0 Å². The molecule has 0 spiro atoms. The van der Waals surface area contributed by atoms with Crippen molar-refractivity contribution in [2.45, 2.75) is 12.8 Å². The lowest BCUT2D eigenvalue weighted by Gasteiger charge is -2.11. The number of hydrazone groups is 2. The number of anilines is 2. The minimum atomic E-state index is 0.744. The van der Waals surface area contributed by atoms with Crippen LogP contribution >= 0.6 is 0 Å². The van der Waals surface area contributed by atoms with Crippen LogP contribution in [-0.4, -0.2) is 11.4 Å². The maximum absolute atomic E-state index is 4.74. The summed E-state index contributed by atoms with van der Waals surface area (Å²) in [7, 11) is 0. The second kappa shape index (κ2) is 11.3. The highest BCUT2D eigenvalue weighted by molar-refractivity contribution is 6.06. The average molecular weight is 419 g/mol. The molecule has 4 aromatic carbocycles. The van der Waals surface area contributed by atoms with Gasteiger partial charge in [0.2, 0.25) is 0 Å². The number of hydrogen-bond acceptors (Lipinski definition) is 4. The van der Waals surface area contributed by atoms with Crippen LogP contribution in [0.1, 0.15) is 24.0 Å². The fraction of sp³-hybridized carbons (Fsp3) is 0.0714. The van der Waals surface area contributed by atoms with Crippen molar-refractivity contribution in [2.75, 3.05) is 10.9 Å². The number of rotatable bonds is 9. The fourth-order valence-corrected chi connectivity index (χ4v) is 3.32. The van der Waals surface area contributed by atoms with Crippen LogP contribution < -0.4 is 10.9 Å². The molecular formula is C28H26N4. The zero-order valence-corrected chi connectivity index (χ0v) is 17.9. The van der Waals surface area contributed by atoms with E-state index < -0.39 is 0 Å². The van der Waals surface area contributed by atoms with E-state index in [2.05, 4.69) is 35.1 Å². The predicted octanol–water partition coefficient (Wildman–Crippen LogP) is 6.80. The largest absolute Gasteiger partial charge is 0.278 e. The number of para-hydroxylation sites is 2. The number of nitrogens with one attached hydrogen (secondary N) is 2. The molecule has 4 aromatic rings. The van der Waals surface area contributed by atoms with E-state index in [4.69, 9.17) is 10.2 Å². The SMILES string of the molecule is c1ccc(NN=C(CCC(=NNc2ccccc2)c2ccccc2)c2ccccc2)cc1. The summed E-state index contributed by atoms with van der Waals surface area (Å²) in [4.78, 5) is 0. The summed E-state index contributed by atoms with van der Waals surface area (Å²) in [6.07, 6.45) is 1.49. The fourth-order valence-electron chi connectivity index (χ4n) is 3.32. The second-order valence-corrected chi connectivity index (χ2v) is 7.30. The second-order valence-electron chi connectivity index (χ2n) is 7.30. The topological polar surface area (TPSA) is 48.8 Å². The summed E-state index contributed by atoms with van der Waals surface area (Å²) in [6, 6.07) is 40.6. The van der Waals surface area contributed by atoms with Crippen molar-refractivity contribution in [1.29, 1.82) is 0 Å². The third-order valence-electron chi connectivity index (χ3n) is 5.00. The van der Waals surface area contributed by atoms with Crippen LogP contribution in [0.3, 0.4) is 0 Å². The van der Waals surface area contributed by atoms with Crippen molar-refractivity contribution in [3.63, 3.8) is 0 Å². The molecular weight excluding hydrogens is 392 g/mol. The molecule has 0 radical (unpaired) electrons. The predicted molar refractivity (Wildman–Crippen MR) is 135 cm³/mol. The first-order valence-electron chi connectivity index (χ1n) is 10.7. The highest BCUT2D eigenvalue weighted by Crippen LogP contribution is 2.14. The smallest absolute Gasteiger partial charge is 0.0683 e. The van der Waals surface area contributed by atoms with Crippen molar-refractivity contribution in [3.05, 3.63) is 132 Å². The zero-order valence-electron chi connectivity index (χ0n) is 17.9. The van der Waals surface area contributed by atoms with Gasteiger partial charge in [-0.2, -0.15) is 10.2 Å². The molecule has 2 N–H and O–H groups in total. The lowest BCUT2D eigenvalue weighted by Crippen LogP contribution is -2.11. The van der Waals surface area contributed by atoms with Crippen molar-refractivity contribution in [2.24, 2.45) is 10.2 Å². The summed E-state index contributed by atoms with van der Waals surface area (Å²) < 4.78 is 0. The minimum absolute atomic E-state index is 0.744. The zero-order chi connectivity index (χ0) is 21.8. The summed E-state index contributed by atoms with van der Waals surface area (Å²) in [5, 5.41) is 9.48. The van der Waals surface area contributed by atoms with Gasteiger partial charge in [0.05, 0.1) is 22.8 Å². The van der Waals surface area contributed by atoms with Gasteiger partial charge in [-0.05, 0) is 48.2 Å². The molecule has 0 atom stereocenters. The molecule has 0 bridgehead atoms. The molecule has 158 valence electrons. The van der Waals surface area contributed by atoms with Gasteiger partial charge >= 0.3 is 0 Å². The molecule has 0 aliphatic heterocycles. The van der Waals surface area contributed by atoms with Crippen molar-refractivity contribution >= 4 is 22.8 Å². The minimum Gasteiger partial charge on any atom is -0.278 e. The van der Waals surface area contributed by atoms with Gasteiger partial charge in [0.25, 0.3) is 0 Å². The van der Waals surface area contributed by atoms with Gasteiger partial charge in [-0.1, -0.05) is 97.1 Å². The Bertz CT molecular complexity index is 1040. The first-order valence-corrected chi connectivity index (χ1v) is 10.7. The molecule has 32 heavy (non-hydrogen) atoms. The molecule has 0 saturated heterocycles. The van der Waals surface area contributed by atoms with Crippen molar-refractivity contribution < 1.29 is 0 Å². The lowest BCUT2D eigenvalue weighted by atomic mass is 10.0. The third kappa shape index (κ3) is 6.16. The highest BCUT2D eigenvalue weighted by Gasteiger charge is 2.09. The molecule has 4 heteroatoms. The van der Waals surface area contributed by atoms with E-state index in [1.165, 1.54) is 0 Å². The van der Waals surface area contributed by atoms with E-state index in [1.807, 2.05) is 97.1 Å². The summed E-state index contributed by atoms with van der Waals surface area (Å²) in [5.41, 5.74) is 12.5. The maximum atomic E-state index is 4.74. The van der Waals surface area contributed by atoms with Gasteiger partial charge in [0.1, 0.15) is 0 Å². The third-order valence-corrected chi connectivity index (χ3v) is 5.00. The van der Waals surface area contributed by atoms with Crippen LogP contribution in [0.4, 0.5) is 11.4 Å². The maximum Gasteiger partial charge on any atom is 0.0683 e. The number of hydrogen-bond donors (Lipinski definition) is 2. The van der Waals surface area contributed by atoms with Crippen LogP contribution in [0.5, 0.6) is 0 Å². The Labute approximate surface area is 189 Å². The van der Waals surface area contributed by atoms with Gasteiger partial charge < -0.3 is 0 Å². The molecule has 4 rings (SSSR count). The summed E-state index contributed by atoms with van der Waals surface area (Å²) >= 11 is 0. The molecule has 0 amide bonds. The van der Waals surface area contributed by atoms with Gasteiger partial charge in [0, 0.05) is 0 Å². The Morgan fingerprint density at radius 1 is 0.438 bits per heavy atom. The quantitative estimate of drug-likeness (QED) is 0.232. The molecule has 0 unspecified atom stereocenters. The summed E-state index contributed by atoms with van der Waals surface area (Å²) in [5.74, 6) is 0. The number of benzene rings is 4. The lowest BCUT2D eigenvalue weighted by molar-refractivity contribution is 1.11. The van der Waals surface area contributed by atoms with E-state index in [0.717, 1.165) is 46.8 Å². The number of nitrogens with zero attached hydrogens (tertiary/aromatic N) is 2. The van der Waals surface area contributed by atoms with E-state index >= 15 is 0 Å². The monoisotopic (exact) mass is 418 g/mol. The molecule has 0 heterocycles. The Hall–Kier alpha value is -4.18. The van der Waals surface area contributed by atoms with Gasteiger partial charge in [-0.3, -0.25) is 10.9 Å². The molecule has 0 aliphatic rings. The van der Waals surface area contributed by atoms with E-state index in [1.54, 1.807) is 0 Å². The Kier molecular flexibility index (Phi) is 7.42. The van der Waals surface area contributed by atoms with Crippen LogP contribution in [0.25, 0.3) is 0 Å². The van der Waals surface area contributed by atoms with Crippen LogP contribution in [-0.2, 0) is 0 Å². The molecule has 0 aromatic heterocycles. The standard InChI is InChI=1S/C28H26N4/c1-5-13-23(14-6-1)27(31-29-25-17-9-3-10-18-25)21-22-28(24-15-7-2-8-16-24)32-30-26-19-11-4-12-20-26/h1-20,29-30H,21-22H2. The van der Waals surface area contributed by atoms with Gasteiger partial charge in [0.15, 0.2) is 0 Å². The van der Waals surface area contributed by atoms with Crippen LogP contribution in [0.15, 0.2) is 132 Å². The summed E-state index contributed by atoms with van der Waals surface area (Å²) in [6.45, 7) is 0. The van der Waals surface area contributed by atoms with Crippen molar-refractivity contribution in [3.8, 4) is 0 Å². The Morgan fingerprint density at radius 2 is 0.750 bits per heavy atom. The highest BCUT2D eigenvalue weighted by atomic mass is 15.3. The van der Waals surface area contributed by atoms with E-state index in [9.17, 15) is 0 Å². The first-order chi connectivity index (χ1) is 15.9.